The lowest BCUT2D eigenvalue weighted by Crippen LogP contribution is -2.09. The fraction of sp³-hybridized carbons (Fsp3) is 0.429. The molecule has 0 saturated carbocycles. The minimum atomic E-state index is -0.178. The summed E-state index contributed by atoms with van der Waals surface area (Å²) in [6.45, 7) is 2.86. The van der Waals surface area contributed by atoms with Crippen LogP contribution in [0.4, 0.5) is 5.69 Å². The summed E-state index contributed by atoms with van der Waals surface area (Å²) in [6, 6.07) is 7.93. The number of benzene rings is 1. The molecule has 19 heavy (non-hydrogen) atoms. The Balaban J connectivity index is 2.50. The van der Waals surface area contributed by atoms with Crippen molar-refractivity contribution in [1.82, 2.24) is 0 Å². The Hall–Kier alpha value is -1.67. The molecule has 0 aliphatic rings. The predicted molar refractivity (Wildman–Crippen MR) is 77.3 cm³/mol. The first-order valence-electron chi connectivity index (χ1n) is 6.19. The molecule has 1 aromatic carbocycles. The Morgan fingerprint density at radius 3 is 2.95 bits per heavy atom. The zero-order valence-corrected chi connectivity index (χ0v) is 12.0. The number of thioether (sulfide) groups is 1. The zero-order chi connectivity index (χ0) is 14.1. The smallest absolute Gasteiger partial charge is 0.305 e. The van der Waals surface area contributed by atoms with Gasteiger partial charge in [0.1, 0.15) is 6.07 Å². The molecule has 0 heterocycles. The Morgan fingerprint density at radius 2 is 2.32 bits per heavy atom. The van der Waals surface area contributed by atoms with Gasteiger partial charge < -0.3 is 10.1 Å². The molecule has 0 radical (unpaired) electrons. The highest BCUT2D eigenvalue weighted by atomic mass is 32.2. The van der Waals surface area contributed by atoms with E-state index in [1.54, 1.807) is 18.7 Å². The van der Waals surface area contributed by atoms with Crippen molar-refractivity contribution < 1.29 is 9.53 Å². The molecule has 4 nitrogen and oxygen atoms in total. The molecule has 0 aromatic heterocycles. The summed E-state index contributed by atoms with van der Waals surface area (Å²) in [5.41, 5.74) is 1.48. The number of nitriles is 1. The third-order valence-electron chi connectivity index (χ3n) is 2.54. The van der Waals surface area contributed by atoms with E-state index in [4.69, 9.17) is 10.00 Å². The highest BCUT2D eigenvalue weighted by molar-refractivity contribution is 7.98. The van der Waals surface area contributed by atoms with Crippen molar-refractivity contribution in [1.29, 1.82) is 5.26 Å². The minimum Gasteiger partial charge on any atom is -0.466 e. The van der Waals surface area contributed by atoms with Gasteiger partial charge in [0, 0.05) is 17.9 Å². The third kappa shape index (κ3) is 4.84. The van der Waals surface area contributed by atoms with Crippen LogP contribution in [-0.2, 0) is 9.53 Å². The largest absolute Gasteiger partial charge is 0.466 e. The van der Waals surface area contributed by atoms with Gasteiger partial charge in [-0.25, -0.2) is 0 Å². The van der Waals surface area contributed by atoms with Crippen molar-refractivity contribution in [2.45, 2.75) is 24.7 Å². The first-order chi connectivity index (χ1) is 9.22. The van der Waals surface area contributed by atoms with Crippen molar-refractivity contribution in [3.8, 4) is 6.07 Å². The van der Waals surface area contributed by atoms with Crippen LogP contribution in [-0.4, -0.2) is 25.4 Å². The van der Waals surface area contributed by atoms with E-state index in [9.17, 15) is 4.79 Å². The number of anilines is 1. The molecular weight excluding hydrogens is 260 g/mol. The lowest BCUT2D eigenvalue weighted by molar-refractivity contribution is -0.143. The van der Waals surface area contributed by atoms with Gasteiger partial charge in [0.25, 0.3) is 0 Å². The molecule has 1 aromatic rings. The molecule has 0 fully saturated rings. The van der Waals surface area contributed by atoms with Gasteiger partial charge in [0.15, 0.2) is 0 Å². The van der Waals surface area contributed by atoms with Gasteiger partial charge in [-0.15, -0.1) is 11.8 Å². The number of ether oxygens (including phenoxy) is 1. The number of nitrogens with one attached hydrogen (secondary N) is 1. The fourth-order valence-corrected chi connectivity index (χ4v) is 2.23. The summed E-state index contributed by atoms with van der Waals surface area (Å²) in [7, 11) is 0. The lowest BCUT2D eigenvalue weighted by atomic mass is 10.2. The van der Waals surface area contributed by atoms with Crippen LogP contribution < -0.4 is 5.32 Å². The summed E-state index contributed by atoms with van der Waals surface area (Å²) in [5, 5.41) is 12.4. The van der Waals surface area contributed by atoms with E-state index in [-0.39, 0.29) is 5.97 Å². The maximum atomic E-state index is 11.2. The molecule has 1 rings (SSSR count). The fourth-order valence-electron chi connectivity index (χ4n) is 1.65. The van der Waals surface area contributed by atoms with Crippen LogP contribution >= 0.6 is 11.8 Å². The Bertz CT molecular complexity index is 469. The Labute approximate surface area is 118 Å². The van der Waals surface area contributed by atoms with Crippen molar-refractivity contribution in [2.24, 2.45) is 0 Å². The molecule has 0 atom stereocenters. The number of hydrogen-bond donors (Lipinski definition) is 1. The SMILES string of the molecule is CCOC(=O)CCCNc1cccc(SC)c1C#N. The van der Waals surface area contributed by atoms with Crippen LogP contribution in [0.2, 0.25) is 0 Å². The highest BCUT2D eigenvalue weighted by Crippen LogP contribution is 2.26. The molecule has 0 bridgehead atoms. The third-order valence-corrected chi connectivity index (χ3v) is 3.32. The number of esters is 1. The van der Waals surface area contributed by atoms with Crippen LogP contribution in [0, 0.1) is 11.3 Å². The Morgan fingerprint density at radius 1 is 1.53 bits per heavy atom. The second-order valence-corrected chi connectivity index (χ2v) is 4.68. The molecule has 0 aliphatic heterocycles. The molecular formula is C14H18N2O2S. The predicted octanol–water partition coefficient (Wildman–Crippen LogP) is 3.04. The molecule has 0 amide bonds. The molecule has 5 heteroatoms. The summed E-state index contributed by atoms with van der Waals surface area (Å²) in [6.07, 6.45) is 3.03. The maximum absolute atomic E-state index is 11.2. The topological polar surface area (TPSA) is 62.1 Å². The van der Waals surface area contributed by atoms with Crippen LogP contribution in [0.3, 0.4) is 0 Å². The number of rotatable bonds is 7. The second kappa shape index (κ2) is 8.44. The molecule has 1 N–H and O–H groups in total. The van der Waals surface area contributed by atoms with Crippen LogP contribution in [0.1, 0.15) is 25.3 Å². The van der Waals surface area contributed by atoms with Crippen molar-refractivity contribution in [3.05, 3.63) is 23.8 Å². The van der Waals surface area contributed by atoms with Gasteiger partial charge in [-0.2, -0.15) is 5.26 Å². The molecule has 0 unspecified atom stereocenters. The lowest BCUT2D eigenvalue weighted by Gasteiger charge is -2.10. The summed E-state index contributed by atoms with van der Waals surface area (Å²) in [5.74, 6) is -0.178. The van der Waals surface area contributed by atoms with E-state index in [1.807, 2.05) is 24.5 Å². The monoisotopic (exact) mass is 278 g/mol. The Kier molecular flexibility index (Phi) is 6.83. The molecule has 102 valence electrons. The van der Waals surface area contributed by atoms with Crippen molar-refractivity contribution in [3.63, 3.8) is 0 Å². The number of nitrogens with zero attached hydrogens (tertiary/aromatic N) is 1. The van der Waals surface area contributed by atoms with Gasteiger partial charge in [-0.3, -0.25) is 4.79 Å². The minimum absolute atomic E-state index is 0.178. The van der Waals surface area contributed by atoms with E-state index in [0.29, 0.717) is 31.6 Å². The summed E-state index contributed by atoms with van der Waals surface area (Å²) >= 11 is 1.55. The van der Waals surface area contributed by atoms with E-state index in [1.165, 1.54) is 0 Å². The van der Waals surface area contributed by atoms with Gasteiger partial charge in [-0.05, 0) is 31.7 Å². The zero-order valence-electron chi connectivity index (χ0n) is 11.2. The van der Waals surface area contributed by atoms with E-state index < -0.39 is 0 Å². The van der Waals surface area contributed by atoms with Gasteiger partial charge in [0.2, 0.25) is 0 Å². The van der Waals surface area contributed by atoms with E-state index in [0.717, 1.165) is 10.6 Å². The number of hydrogen-bond acceptors (Lipinski definition) is 5. The maximum Gasteiger partial charge on any atom is 0.305 e. The molecule has 0 spiro atoms. The average Bonchev–Trinajstić information content (AvgIpc) is 2.43. The van der Waals surface area contributed by atoms with Gasteiger partial charge >= 0.3 is 5.97 Å². The quantitative estimate of drug-likeness (QED) is 0.472. The second-order valence-electron chi connectivity index (χ2n) is 3.83. The highest BCUT2D eigenvalue weighted by Gasteiger charge is 2.07. The van der Waals surface area contributed by atoms with Crippen molar-refractivity contribution in [2.75, 3.05) is 24.7 Å². The first kappa shape index (κ1) is 15.4. The van der Waals surface area contributed by atoms with Crippen LogP contribution in [0.25, 0.3) is 0 Å². The van der Waals surface area contributed by atoms with Crippen LogP contribution in [0.15, 0.2) is 23.1 Å². The average molecular weight is 278 g/mol. The standard InChI is InChI=1S/C14H18N2O2S/c1-3-18-14(17)8-5-9-16-12-6-4-7-13(19-2)11(12)10-15/h4,6-7,16H,3,5,8-9H2,1-2H3. The number of carbonyl (C=O) groups is 1. The number of carbonyl (C=O) groups excluding carboxylic acids is 1. The van der Waals surface area contributed by atoms with Gasteiger partial charge in [-0.1, -0.05) is 6.07 Å². The summed E-state index contributed by atoms with van der Waals surface area (Å²) in [4.78, 5) is 12.1. The van der Waals surface area contributed by atoms with Gasteiger partial charge in [0.05, 0.1) is 17.9 Å². The van der Waals surface area contributed by atoms with Crippen LogP contribution in [0.5, 0.6) is 0 Å². The van der Waals surface area contributed by atoms with E-state index in [2.05, 4.69) is 11.4 Å². The van der Waals surface area contributed by atoms with E-state index >= 15 is 0 Å². The molecule has 0 aliphatic carbocycles. The first-order valence-corrected chi connectivity index (χ1v) is 7.42. The van der Waals surface area contributed by atoms with Crippen molar-refractivity contribution >= 4 is 23.4 Å². The normalized spacial score (nSPS) is 9.74. The molecule has 0 saturated heterocycles. The summed E-state index contributed by atoms with van der Waals surface area (Å²) < 4.78 is 4.85.